The smallest absolute Gasteiger partial charge is 0.416 e. The number of carbonyl (C=O) groups is 3. The second kappa shape index (κ2) is 12.3. The molecule has 3 N–H and O–H groups in total. The molecule has 0 aliphatic rings. The molecule has 3 rings (SSSR count). The standard InChI is InChI=1S/C27H33F3N6O4/c1-5-6-7-20(23(37)24(38)33-22-13-14-31-34-22)36(25(39)40)21(26(2,3)4)16-35-19(12-15-32-35)17-8-10-18(11-9-17)27(28,29)30/h8-15,20-21H,5-7,16H2,1-4H3,(H,39,40)(H2,31,33,34,38)/t20-,21+/m0/s1. The lowest BCUT2D eigenvalue weighted by molar-refractivity contribution is -0.139. The van der Waals surface area contributed by atoms with E-state index in [1.807, 2.05) is 6.92 Å². The lowest BCUT2D eigenvalue weighted by atomic mass is 9.84. The molecule has 0 spiro atoms. The first-order valence-electron chi connectivity index (χ1n) is 12.8. The monoisotopic (exact) mass is 562 g/mol. The number of nitrogens with one attached hydrogen (secondary N) is 2. The highest BCUT2D eigenvalue weighted by Crippen LogP contribution is 2.33. The normalized spacial score (nSPS) is 13.5. The van der Waals surface area contributed by atoms with Crippen LogP contribution in [-0.2, 0) is 22.3 Å². The first kappa shape index (κ1) is 30.4. The maximum Gasteiger partial charge on any atom is 0.416 e. The zero-order valence-electron chi connectivity index (χ0n) is 22.7. The summed E-state index contributed by atoms with van der Waals surface area (Å²) in [6.45, 7) is 7.29. The topological polar surface area (TPSA) is 133 Å². The number of ketones is 1. The molecule has 0 saturated heterocycles. The van der Waals surface area contributed by atoms with E-state index in [9.17, 15) is 32.7 Å². The third-order valence-corrected chi connectivity index (χ3v) is 6.57. The van der Waals surface area contributed by atoms with Gasteiger partial charge < -0.3 is 10.4 Å². The maximum absolute atomic E-state index is 13.4. The molecule has 216 valence electrons. The highest BCUT2D eigenvalue weighted by atomic mass is 19.4. The van der Waals surface area contributed by atoms with Crippen LogP contribution in [0.4, 0.5) is 23.8 Å². The predicted molar refractivity (Wildman–Crippen MR) is 141 cm³/mol. The minimum Gasteiger partial charge on any atom is -0.465 e. The summed E-state index contributed by atoms with van der Waals surface area (Å²) in [5, 5.41) is 23.4. The second-order valence-electron chi connectivity index (χ2n) is 10.5. The van der Waals surface area contributed by atoms with Gasteiger partial charge in [-0.15, -0.1) is 0 Å². The summed E-state index contributed by atoms with van der Waals surface area (Å²) in [6, 6.07) is 5.53. The number of nitrogens with zero attached hydrogens (tertiary/aromatic N) is 4. The van der Waals surface area contributed by atoms with Gasteiger partial charge in [-0.05, 0) is 35.6 Å². The summed E-state index contributed by atoms with van der Waals surface area (Å²) in [7, 11) is 0. The van der Waals surface area contributed by atoms with Crippen LogP contribution in [0, 0.1) is 5.41 Å². The largest absolute Gasteiger partial charge is 0.465 e. The summed E-state index contributed by atoms with van der Waals surface area (Å²) in [4.78, 5) is 40.0. The number of benzene rings is 1. The van der Waals surface area contributed by atoms with Crippen LogP contribution in [0.25, 0.3) is 11.3 Å². The Kier molecular flexibility index (Phi) is 9.38. The number of anilines is 1. The van der Waals surface area contributed by atoms with Crippen LogP contribution >= 0.6 is 0 Å². The quantitative estimate of drug-likeness (QED) is 0.266. The Morgan fingerprint density at radius 2 is 1.75 bits per heavy atom. The first-order chi connectivity index (χ1) is 18.7. The van der Waals surface area contributed by atoms with E-state index in [0.29, 0.717) is 24.1 Å². The van der Waals surface area contributed by atoms with Crippen molar-refractivity contribution in [2.45, 2.75) is 71.8 Å². The van der Waals surface area contributed by atoms with Crippen molar-refractivity contribution in [3.05, 3.63) is 54.4 Å². The van der Waals surface area contributed by atoms with Crippen molar-refractivity contribution in [3.8, 4) is 11.3 Å². The van der Waals surface area contributed by atoms with Gasteiger partial charge in [-0.2, -0.15) is 23.4 Å². The minimum atomic E-state index is -4.48. The molecule has 2 amide bonds. The van der Waals surface area contributed by atoms with E-state index in [1.54, 1.807) is 26.8 Å². The van der Waals surface area contributed by atoms with Gasteiger partial charge in [0.1, 0.15) is 11.9 Å². The summed E-state index contributed by atoms with van der Waals surface area (Å²) in [5.41, 5.74) is -0.594. The van der Waals surface area contributed by atoms with Crippen molar-refractivity contribution >= 4 is 23.6 Å². The first-order valence-corrected chi connectivity index (χ1v) is 12.8. The Labute approximate surface area is 229 Å². The van der Waals surface area contributed by atoms with Gasteiger partial charge in [-0.25, -0.2) is 4.79 Å². The fourth-order valence-corrected chi connectivity index (χ4v) is 4.43. The van der Waals surface area contributed by atoms with Gasteiger partial charge in [0.2, 0.25) is 5.78 Å². The fraction of sp³-hybridized carbons (Fsp3) is 0.444. The number of carbonyl (C=O) groups excluding carboxylic acids is 2. The number of halogens is 3. The average molecular weight is 563 g/mol. The number of hydrogen-bond acceptors (Lipinski definition) is 5. The molecule has 0 unspecified atom stereocenters. The van der Waals surface area contributed by atoms with E-state index in [2.05, 4.69) is 20.6 Å². The third-order valence-electron chi connectivity index (χ3n) is 6.57. The van der Waals surface area contributed by atoms with Crippen molar-refractivity contribution in [1.82, 2.24) is 24.9 Å². The van der Waals surface area contributed by atoms with Crippen molar-refractivity contribution in [2.75, 3.05) is 5.32 Å². The number of Topliss-reactive ketones (excluding diaryl/α,β-unsaturated/α-hetero) is 1. The van der Waals surface area contributed by atoms with Gasteiger partial charge in [-0.1, -0.05) is 52.7 Å². The van der Waals surface area contributed by atoms with E-state index >= 15 is 0 Å². The van der Waals surface area contributed by atoms with Crippen molar-refractivity contribution < 1.29 is 32.7 Å². The van der Waals surface area contributed by atoms with Crippen LogP contribution in [0.3, 0.4) is 0 Å². The van der Waals surface area contributed by atoms with Crippen molar-refractivity contribution in [1.29, 1.82) is 0 Å². The lowest BCUT2D eigenvalue weighted by Crippen LogP contribution is -2.58. The Morgan fingerprint density at radius 3 is 2.27 bits per heavy atom. The van der Waals surface area contributed by atoms with E-state index < -0.39 is 47.0 Å². The number of H-pyrrole nitrogens is 1. The van der Waals surface area contributed by atoms with E-state index in [-0.39, 0.29) is 18.8 Å². The number of unbranched alkanes of at least 4 members (excludes halogenated alkanes) is 1. The highest BCUT2D eigenvalue weighted by molar-refractivity contribution is 6.42. The molecule has 1 aromatic carbocycles. The molecule has 0 saturated carbocycles. The molecule has 0 aliphatic heterocycles. The molecule has 0 bridgehead atoms. The SMILES string of the molecule is CCCC[C@@H](C(=O)C(=O)Nc1ccn[nH]1)N(C(=O)O)[C@H](Cn1nccc1-c1ccc(C(F)(F)F)cc1)C(C)(C)C. The molecular weight excluding hydrogens is 529 g/mol. The molecule has 10 nitrogen and oxygen atoms in total. The highest BCUT2D eigenvalue weighted by Gasteiger charge is 2.43. The lowest BCUT2D eigenvalue weighted by Gasteiger charge is -2.42. The number of aromatic nitrogens is 4. The molecule has 3 aromatic rings. The van der Waals surface area contributed by atoms with E-state index in [1.165, 1.54) is 35.3 Å². The Morgan fingerprint density at radius 1 is 1.07 bits per heavy atom. The van der Waals surface area contributed by atoms with Gasteiger partial charge in [0.05, 0.1) is 30.0 Å². The van der Waals surface area contributed by atoms with Crippen molar-refractivity contribution in [2.24, 2.45) is 5.41 Å². The number of rotatable bonds is 11. The molecule has 0 fully saturated rings. The van der Waals surface area contributed by atoms with Gasteiger partial charge in [-0.3, -0.25) is 24.3 Å². The molecular formula is C27H33F3N6O4. The summed E-state index contributed by atoms with van der Waals surface area (Å²) < 4.78 is 40.7. The predicted octanol–water partition coefficient (Wildman–Crippen LogP) is 5.45. The zero-order valence-corrected chi connectivity index (χ0v) is 22.7. The van der Waals surface area contributed by atoms with Gasteiger partial charge in [0.15, 0.2) is 0 Å². The van der Waals surface area contributed by atoms with Gasteiger partial charge >= 0.3 is 12.3 Å². The number of amides is 2. The zero-order chi connectivity index (χ0) is 29.7. The molecule has 2 aromatic heterocycles. The van der Waals surface area contributed by atoms with Crippen LogP contribution in [-0.4, -0.2) is 59.9 Å². The Balaban J connectivity index is 1.98. The minimum absolute atomic E-state index is 0.0166. The van der Waals surface area contributed by atoms with Crippen LogP contribution in [0.15, 0.2) is 48.8 Å². The second-order valence-corrected chi connectivity index (χ2v) is 10.5. The molecule has 2 heterocycles. The Hall–Kier alpha value is -4.16. The summed E-state index contributed by atoms with van der Waals surface area (Å²) >= 11 is 0. The van der Waals surface area contributed by atoms with Gasteiger partial charge in [0.25, 0.3) is 5.91 Å². The maximum atomic E-state index is 13.4. The van der Waals surface area contributed by atoms with Crippen LogP contribution < -0.4 is 5.32 Å². The molecule has 13 heteroatoms. The van der Waals surface area contributed by atoms with Crippen LogP contribution in [0.2, 0.25) is 0 Å². The Bertz CT molecular complexity index is 1300. The molecule has 0 aliphatic carbocycles. The summed E-state index contributed by atoms with van der Waals surface area (Å²) in [5.74, 6) is -1.70. The number of carboxylic acid groups (broad SMARTS) is 1. The van der Waals surface area contributed by atoms with Crippen molar-refractivity contribution in [3.63, 3.8) is 0 Å². The number of aromatic amines is 1. The summed E-state index contributed by atoms with van der Waals surface area (Å²) in [6.07, 6.45) is -1.73. The number of hydrogen-bond donors (Lipinski definition) is 3. The molecule has 0 radical (unpaired) electrons. The fourth-order valence-electron chi connectivity index (χ4n) is 4.43. The average Bonchev–Trinajstić information content (AvgIpc) is 3.56. The van der Waals surface area contributed by atoms with E-state index in [0.717, 1.165) is 17.0 Å². The molecule has 2 atom stereocenters. The number of alkyl halides is 3. The van der Waals surface area contributed by atoms with Crippen LogP contribution in [0.5, 0.6) is 0 Å². The molecule has 40 heavy (non-hydrogen) atoms. The third kappa shape index (κ3) is 7.27. The van der Waals surface area contributed by atoms with E-state index in [4.69, 9.17) is 0 Å². The van der Waals surface area contributed by atoms with Crippen LogP contribution in [0.1, 0.15) is 52.5 Å². The van der Waals surface area contributed by atoms with Gasteiger partial charge in [0, 0.05) is 12.3 Å².